The van der Waals surface area contributed by atoms with Crippen molar-refractivity contribution >= 4 is 11.6 Å². The molecule has 1 aliphatic heterocycles. The van der Waals surface area contributed by atoms with Crippen molar-refractivity contribution in [2.45, 2.75) is 33.4 Å². The van der Waals surface area contributed by atoms with Crippen LogP contribution < -0.4 is 10.2 Å². The maximum absolute atomic E-state index is 12.9. The molecule has 1 N–H and O–H groups in total. The van der Waals surface area contributed by atoms with Crippen molar-refractivity contribution in [3.05, 3.63) is 11.9 Å². The van der Waals surface area contributed by atoms with Crippen LogP contribution in [0.25, 0.3) is 0 Å². The standard InChI is InChI=1S/C13H19F3N4/c1-4-17-9-7-10(19-11(18-9)13(14,15)16)20-6-5-12(2,3)8-20/h7H,4-6,8H2,1-3H3,(H,17,18,19). The van der Waals surface area contributed by atoms with Crippen molar-refractivity contribution in [3.63, 3.8) is 0 Å². The van der Waals surface area contributed by atoms with Gasteiger partial charge in [0, 0.05) is 25.7 Å². The Morgan fingerprint density at radius 1 is 1.35 bits per heavy atom. The normalized spacial score (nSPS) is 18.4. The highest BCUT2D eigenvalue weighted by Crippen LogP contribution is 2.34. The van der Waals surface area contributed by atoms with Crippen LogP contribution in [-0.2, 0) is 6.18 Å². The van der Waals surface area contributed by atoms with Crippen molar-refractivity contribution in [2.75, 3.05) is 29.9 Å². The molecule has 0 amide bonds. The van der Waals surface area contributed by atoms with Crippen LogP contribution in [-0.4, -0.2) is 29.6 Å². The monoisotopic (exact) mass is 288 g/mol. The van der Waals surface area contributed by atoms with Crippen LogP contribution in [0.15, 0.2) is 6.07 Å². The zero-order valence-corrected chi connectivity index (χ0v) is 11.9. The van der Waals surface area contributed by atoms with Gasteiger partial charge in [0.25, 0.3) is 0 Å². The van der Waals surface area contributed by atoms with Gasteiger partial charge in [-0.15, -0.1) is 0 Å². The maximum Gasteiger partial charge on any atom is 0.451 e. The summed E-state index contributed by atoms with van der Waals surface area (Å²) in [7, 11) is 0. The first-order chi connectivity index (χ1) is 9.21. The molecule has 0 bridgehead atoms. The van der Waals surface area contributed by atoms with Gasteiger partial charge in [-0.1, -0.05) is 13.8 Å². The SMILES string of the molecule is CCNc1cc(N2CCC(C)(C)C2)nc(C(F)(F)F)n1. The zero-order valence-electron chi connectivity index (χ0n) is 11.9. The molecule has 0 radical (unpaired) electrons. The summed E-state index contributed by atoms with van der Waals surface area (Å²) in [5.41, 5.74) is 0.0989. The Morgan fingerprint density at radius 2 is 2.05 bits per heavy atom. The quantitative estimate of drug-likeness (QED) is 0.927. The van der Waals surface area contributed by atoms with E-state index in [0.29, 0.717) is 25.5 Å². The molecule has 0 aromatic carbocycles. The largest absolute Gasteiger partial charge is 0.451 e. The van der Waals surface area contributed by atoms with E-state index in [1.165, 1.54) is 0 Å². The number of halogens is 3. The van der Waals surface area contributed by atoms with Gasteiger partial charge in [-0.25, -0.2) is 9.97 Å². The first-order valence-electron chi connectivity index (χ1n) is 6.66. The van der Waals surface area contributed by atoms with Crippen molar-refractivity contribution in [3.8, 4) is 0 Å². The third-order valence-electron chi connectivity index (χ3n) is 3.33. The average molecular weight is 288 g/mol. The van der Waals surface area contributed by atoms with E-state index in [2.05, 4.69) is 29.1 Å². The first-order valence-corrected chi connectivity index (χ1v) is 6.66. The van der Waals surface area contributed by atoms with E-state index in [1.807, 2.05) is 11.8 Å². The Bertz CT molecular complexity index is 485. The Morgan fingerprint density at radius 3 is 2.55 bits per heavy atom. The Balaban J connectivity index is 2.35. The minimum atomic E-state index is -4.53. The predicted molar refractivity (Wildman–Crippen MR) is 71.8 cm³/mol. The van der Waals surface area contributed by atoms with Gasteiger partial charge in [-0.05, 0) is 18.8 Å². The van der Waals surface area contributed by atoms with E-state index in [4.69, 9.17) is 0 Å². The fourth-order valence-electron chi connectivity index (χ4n) is 2.30. The van der Waals surface area contributed by atoms with Crippen LogP contribution >= 0.6 is 0 Å². The van der Waals surface area contributed by atoms with Crippen LogP contribution in [0.1, 0.15) is 33.0 Å². The van der Waals surface area contributed by atoms with E-state index in [1.54, 1.807) is 6.07 Å². The summed E-state index contributed by atoms with van der Waals surface area (Å²) in [6.07, 6.45) is -3.59. The highest BCUT2D eigenvalue weighted by molar-refractivity contribution is 5.50. The van der Waals surface area contributed by atoms with E-state index in [9.17, 15) is 13.2 Å². The molecule has 2 heterocycles. The average Bonchev–Trinajstić information content (AvgIpc) is 2.69. The molecule has 0 aliphatic carbocycles. The third-order valence-corrected chi connectivity index (χ3v) is 3.33. The van der Waals surface area contributed by atoms with Crippen LogP contribution in [0, 0.1) is 5.41 Å². The number of rotatable bonds is 3. The van der Waals surface area contributed by atoms with Crippen LogP contribution in [0.3, 0.4) is 0 Å². The molecule has 20 heavy (non-hydrogen) atoms. The number of aromatic nitrogens is 2. The van der Waals surface area contributed by atoms with Crippen molar-refractivity contribution < 1.29 is 13.2 Å². The lowest BCUT2D eigenvalue weighted by molar-refractivity contribution is -0.144. The van der Waals surface area contributed by atoms with Gasteiger partial charge in [-0.2, -0.15) is 13.2 Å². The molecule has 0 atom stereocenters. The van der Waals surface area contributed by atoms with E-state index >= 15 is 0 Å². The van der Waals surface area contributed by atoms with E-state index in [0.717, 1.165) is 6.42 Å². The molecule has 0 spiro atoms. The second kappa shape index (κ2) is 5.10. The smallest absolute Gasteiger partial charge is 0.370 e. The fraction of sp³-hybridized carbons (Fsp3) is 0.692. The van der Waals surface area contributed by atoms with E-state index in [-0.39, 0.29) is 11.2 Å². The molecular formula is C13H19F3N4. The summed E-state index contributed by atoms with van der Waals surface area (Å²) in [4.78, 5) is 9.10. The maximum atomic E-state index is 12.9. The van der Waals surface area contributed by atoms with Gasteiger partial charge in [0.05, 0.1) is 0 Å². The molecule has 1 aromatic rings. The molecule has 112 valence electrons. The van der Waals surface area contributed by atoms with Crippen LogP contribution in [0.5, 0.6) is 0 Å². The van der Waals surface area contributed by atoms with Gasteiger partial charge in [0.15, 0.2) is 0 Å². The predicted octanol–water partition coefficient (Wildman–Crippen LogP) is 3.16. The molecule has 2 rings (SSSR count). The molecule has 7 heteroatoms. The molecular weight excluding hydrogens is 269 g/mol. The second-order valence-electron chi connectivity index (χ2n) is 5.80. The first kappa shape index (κ1) is 14.9. The highest BCUT2D eigenvalue weighted by Gasteiger charge is 2.37. The minimum Gasteiger partial charge on any atom is -0.370 e. The van der Waals surface area contributed by atoms with Gasteiger partial charge in [0.2, 0.25) is 5.82 Å². The molecule has 1 fully saturated rings. The number of anilines is 2. The number of alkyl halides is 3. The Kier molecular flexibility index (Phi) is 3.80. The summed E-state index contributed by atoms with van der Waals surface area (Å²) in [6.45, 7) is 7.95. The summed E-state index contributed by atoms with van der Waals surface area (Å²) < 4.78 is 38.6. The summed E-state index contributed by atoms with van der Waals surface area (Å²) in [5.74, 6) is -0.529. The van der Waals surface area contributed by atoms with Gasteiger partial charge in [0.1, 0.15) is 11.6 Å². The molecule has 0 saturated carbocycles. The van der Waals surface area contributed by atoms with Gasteiger partial charge in [-0.3, -0.25) is 0 Å². The zero-order chi connectivity index (χ0) is 15.0. The van der Waals surface area contributed by atoms with Crippen molar-refractivity contribution in [2.24, 2.45) is 5.41 Å². The lowest BCUT2D eigenvalue weighted by Crippen LogP contribution is -2.25. The molecule has 4 nitrogen and oxygen atoms in total. The number of nitrogens with zero attached hydrogens (tertiary/aromatic N) is 3. The minimum absolute atomic E-state index is 0.0989. The molecule has 1 aliphatic rings. The van der Waals surface area contributed by atoms with Crippen LogP contribution in [0.2, 0.25) is 0 Å². The molecule has 1 saturated heterocycles. The molecule has 1 aromatic heterocycles. The number of nitrogens with one attached hydrogen (secondary N) is 1. The number of hydrogen-bond donors (Lipinski definition) is 1. The van der Waals surface area contributed by atoms with E-state index < -0.39 is 12.0 Å². The van der Waals surface area contributed by atoms with Crippen LogP contribution in [0.4, 0.5) is 24.8 Å². The van der Waals surface area contributed by atoms with Crippen molar-refractivity contribution in [1.82, 2.24) is 9.97 Å². The molecule has 0 unspecified atom stereocenters. The third kappa shape index (κ3) is 3.32. The Hall–Kier alpha value is -1.53. The summed E-state index contributed by atoms with van der Waals surface area (Å²) in [6, 6.07) is 1.58. The summed E-state index contributed by atoms with van der Waals surface area (Å²) >= 11 is 0. The van der Waals surface area contributed by atoms with Gasteiger partial charge < -0.3 is 10.2 Å². The topological polar surface area (TPSA) is 41.0 Å². The summed E-state index contributed by atoms with van der Waals surface area (Å²) in [5, 5.41) is 2.83. The van der Waals surface area contributed by atoms with Gasteiger partial charge >= 0.3 is 6.18 Å². The Labute approximate surface area is 116 Å². The fourth-order valence-corrected chi connectivity index (χ4v) is 2.30. The van der Waals surface area contributed by atoms with Crippen molar-refractivity contribution in [1.29, 1.82) is 0 Å². The second-order valence-corrected chi connectivity index (χ2v) is 5.80. The number of hydrogen-bond acceptors (Lipinski definition) is 4. The lowest BCUT2D eigenvalue weighted by Gasteiger charge is -2.22. The highest BCUT2D eigenvalue weighted by atomic mass is 19.4. The lowest BCUT2D eigenvalue weighted by atomic mass is 9.93.